The summed E-state index contributed by atoms with van der Waals surface area (Å²) in [5.41, 5.74) is 0.323. The molecule has 1 aromatic heterocycles. The average Bonchev–Trinajstić information content (AvgIpc) is 2.68. The van der Waals surface area contributed by atoms with Gasteiger partial charge >= 0.3 is 0 Å². The first-order valence-corrected chi connectivity index (χ1v) is 8.28. The summed E-state index contributed by atoms with van der Waals surface area (Å²) in [6.45, 7) is 3.93. The van der Waals surface area contributed by atoms with E-state index in [0.29, 0.717) is 17.9 Å². The molecule has 0 spiro atoms. The third-order valence-electron chi connectivity index (χ3n) is 2.90. The van der Waals surface area contributed by atoms with Gasteiger partial charge in [0.25, 0.3) is 5.91 Å². The summed E-state index contributed by atoms with van der Waals surface area (Å²) in [7, 11) is -3.00. The molecule has 0 bridgehead atoms. The van der Waals surface area contributed by atoms with Gasteiger partial charge in [0.15, 0.2) is 9.84 Å². The van der Waals surface area contributed by atoms with Crippen molar-refractivity contribution in [3.63, 3.8) is 0 Å². The molecule has 2 heterocycles. The molecule has 7 nitrogen and oxygen atoms in total. The van der Waals surface area contributed by atoms with Crippen LogP contribution in [0.25, 0.3) is 0 Å². The molecule has 2 N–H and O–H groups in total. The van der Waals surface area contributed by atoms with E-state index in [-0.39, 0.29) is 29.5 Å². The molecule has 2 rings (SSSR count). The van der Waals surface area contributed by atoms with E-state index in [9.17, 15) is 13.2 Å². The summed E-state index contributed by atoms with van der Waals surface area (Å²) in [4.78, 5) is 20.0. The Morgan fingerprint density at radius 2 is 2.00 bits per heavy atom. The van der Waals surface area contributed by atoms with Crippen LogP contribution in [0.1, 0.15) is 30.6 Å². The molecule has 0 aliphatic carbocycles. The third kappa shape index (κ3) is 3.89. The highest BCUT2D eigenvalue weighted by Gasteiger charge is 2.29. The molecule has 1 aliphatic rings. The maximum Gasteiger partial charge on any atom is 0.254 e. The number of carbonyl (C=O) groups excluding carboxylic acids is 1. The summed E-state index contributed by atoms with van der Waals surface area (Å²) in [6, 6.07) is -0.112. The second-order valence-corrected chi connectivity index (χ2v) is 7.40. The van der Waals surface area contributed by atoms with Crippen LogP contribution in [0.4, 0.5) is 5.95 Å². The van der Waals surface area contributed by atoms with Crippen LogP contribution < -0.4 is 10.6 Å². The van der Waals surface area contributed by atoms with Crippen molar-refractivity contribution in [1.82, 2.24) is 15.3 Å². The van der Waals surface area contributed by atoms with Gasteiger partial charge in [0.1, 0.15) is 0 Å². The molecular formula is C12H18N4O3S. The van der Waals surface area contributed by atoms with Crippen LogP contribution in [0.15, 0.2) is 12.4 Å². The summed E-state index contributed by atoms with van der Waals surface area (Å²) in [5.74, 6) is 0.251. The van der Waals surface area contributed by atoms with Crippen LogP contribution in [-0.4, -0.2) is 47.9 Å². The molecule has 20 heavy (non-hydrogen) atoms. The number of carbonyl (C=O) groups is 1. The normalized spacial score (nSPS) is 20.9. The van der Waals surface area contributed by atoms with E-state index in [1.165, 1.54) is 12.4 Å². The summed E-state index contributed by atoms with van der Waals surface area (Å²) in [6.07, 6.45) is 3.31. The first kappa shape index (κ1) is 14.7. The maximum atomic E-state index is 11.9. The van der Waals surface area contributed by atoms with Gasteiger partial charge in [0, 0.05) is 24.5 Å². The molecule has 1 fully saturated rings. The molecule has 1 amide bonds. The third-order valence-corrected chi connectivity index (χ3v) is 4.67. The Morgan fingerprint density at radius 3 is 2.50 bits per heavy atom. The first-order chi connectivity index (χ1) is 9.35. The number of amides is 1. The predicted molar refractivity (Wildman–Crippen MR) is 75.3 cm³/mol. The Balaban J connectivity index is 1.96. The van der Waals surface area contributed by atoms with Crippen LogP contribution in [0, 0.1) is 0 Å². The summed E-state index contributed by atoms with van der Waals surface area (Å²) < 4.78 is 22.6. The van der Waals surface area contributed by atoms with Crippen molar-refractivity contribution in [2.24, 2.45) is 0 Å². The lowest BCUT2D eigenvalue weighted by Crippen LogP contribution is -2.35. The lowest BCUT2D eigenvalue weighted by Gasteiger charge is -2.11. The molecule has 1 atom stereocenters. The molecule has 1 saturated heterocycles. The van der Waals surface area contributed by atoms with Crippen LogP contribution in [0.3, 0.4) is 0 Å². The van der Waals surface area contributed by atoms with E-state index < -0.39 is 9.84 Å². The molecule has 1 aliphatic heterocycles. The largest absolute Gasteiger partial charge is 0.352 e. The monoisotopic (exact) mass is 298 g/mol. The molecule has 1 unspecified atom stereocenters. The van der Waals surface area contributed by atoms with E-state index >= 15 is 0 Å². The number of hydrogen-bond donors (Lipinski definition) is 2. The minimum atomic E-state index is -3.00. The van der Waals surface area contributed by atoms with E-state index in [1.54, 1.807) is 0 Å². The van der Waals surface area contributed by atoms with Crippen LogP contribution >= 0.6 is 0 Å². The van der Waals surface area contributed by atoms with Gasteiger partial charge in [-0.1, -0.05) is 0 Å². The highest BCUT2D eigenvalue weighted by atomic mass is 32.2. The quantitative estimate of drug-likeness (QED) is 0.824. The Labute approximate surface area is 118 Å². The van der Waals surface area contributed by atoms with Crippen LogP contribution in [-0.2, 0) is 9.84 Å². The lowest BCUT2D eigenvalue weighted by molar-refractivity contribution is 0.0940. The predicted octanol–water partition coefficient (Wildman–Crippen LogP) is 0.214. The van der Waals surface area contributed by atoms with Crippen molar-refractivity contribution >= 4 is 21.7 Å². The van der Waals surface area contributed by atoms with Crippen molar-refractivity contribution in [1.29, 1.82) is 0 Å². The van der Waals surface area contributed by atoms with E-state index in [0.717, 1.165) is 0 Å². The molecule has 110 valence electrons. The zero-order valence-electron chi connectivity index (χ0n) is 11.5. The van der Waals surface area contributed by atoms with Crippen LogP contribution in [0.2, 0.25) is 0 Å². The standard InChI is InChI=1S/C12H18N4O3S/c1-8(2)15-12-13-5-9(6-14-12)11(17)16-10-3-4-20(18,19)7-10/h5-6,8,10H,3-4,7H2,1-2H3,(H,16,17)(H,13,14,15). The van der Waals surface area contributed by atoms with Gasteiger partial charge in [0.05, 0.1) is 17.1 Å². The van der Waals surface area contributed by atoms with Gasteiger partial charge < -0.3 is 10.6 Å². The molecule has 0 saturated carbocycles. The zero-order valence-corrected chi connectivity index (χ0v) is 12.3. The van der Waals surface area contributed by atoms with Crippen molar-refractivity contribution in [2.45, 2.75) is 32.4 Å². The molecule has 8 heteroatoms. The highest BCUT2D eigenvalue weighted by molar-refractivity contribution is 7.91. The summed E-state index contributed by atoms with van der Waals surface area (Å²) in [5, 5.41) is 5.71. The van der Waals surface area contributed by atoms with Gasteiger partial charge in [-0.25, -0.2) is 18.4 Å². The second-order valence-electron chi connectivity index (χ2n) is 5.17. The number of hydrogen-bond acceptors (Lipinski definition) is 6. The van der Waals surface area contributed by atoms with Gasteiger partial charge in [-0.2, -0.15) is 0 Å². The van der Waals surface area contributed by atoms with Crippen molar-refractivity contribution in [3.8, 4) is 0 Å². The molecular weight excluding hydrogens is 280 g/mol. The number of nitrogens with one attached hydrogen (secondary N) is 2. The number of nitrogens with zero attached hydrogens (tertiary/aromatic N) is 2. The first-order valence-electron chi connectivity index (χ1n) is 6.45. The van der Waals surface area contributed by atoms with Gasteiger partial charge in [0.2, 0.25) is 5.95 Å². The van der Waals surface area contributed by atoms with Crippen molar-refractivity contribution in [2.75, 3.05) is 16.8 Å². The molecule has 1 aromatic rings. The smallest absolute Gasteiger partial charge is 0.254 e. The van der Waals surface area contributed by atoms with Gasteiger partial charge in [-0.05, 0) is 20.3 Å². The average molecular weight is 298 g/mol. The Hall–Kier alpha value is -1.70. The van der Waals surface area contributed by atoms with Crippen LogP contribution in [0.5, 0.6) is 0 Å². The minimum Gasteiger partial charge on any atom is -0.352 e. The number of aromatic nitrogens is 2. The van der Waals surface area contributed by atoms with Crippen molar-refractivity contribution < 1.29 is 13.2 Å². The number of rotatable bonds is 4. The Bertz CT molecular complexity index is 583. The van der Waals surface area contributed by atoms with Gasteiger partial charge in [-0.3, -0.25) is 4.79 Å². The van der Waals surface area contributed by atoms with Gasteiger partial charge in [-0.15, -0.1) is 0 Å². The lowest BCUT2D eigenvalue weighted by atomic mass is 10.2. The minimum absolute atomic E-state index is 0.00653. The van der Waals surface area contributed by atoms with Crippen molar-refractivity contribution in [3.05, 3.63) is 18.0 Å². The SMILES string of the molecule is CC(C)Nc1ncc(C(=O)NC2CCS(=O)(=O)C2)cn1. The highest BCUT2D eigenvalue weighted by Crippen LogP contribution is 2.12. The Kier molecular flexibility index (Phi) is 4.22. The molecule has 0 aromatic carbocycles. The van der Waals surface area contributed by atoms with E-state index in [4.69, 9.17) is 0 Å². The van der Waals surface area contributed by atoms with E-state index in [1.807, 2.05) is 13.8 Å². The van der Waals surface area contributed by atoms with E-state index in [2.05, 4.69) is 20.6 Å². The molecule has 0 radical (unpaired) electrons. The zero-order chi connectivity index (χ0) is 14.8. The fraction of sp³-hybridized carbons (Fsp3) is 0.583. The number of sulfone groups is 1. The fourth-order valence-corrected chi connectivity index (χ4v) is 3.63. The Morgan fingerprint density at radius 1 is 1.35 bits per heavy atom. The number of anilines is 1. The maximum absolute atomic E-state index is 11.9. The topological polar surface area (TPSA) is 101 Å². The fourth-order valence-electron chi connectivity index (χ4n) is 1.96. The second kappa shape index (κ2) is 5.74. The summed E-state index contributed by atoms with van der Waals surface area (Å²) >= 11 is 0.